The number of aromatic hydroxyl groups is 1. The Kier molecular flexibility index (Phi) is 4.34. The van der Waals surface area contributed by atoms with Crippen LogP contribution in [0.4, 0.5) is 16.3 Å². The standard InChI is InChI=1S/C19H19FN8O2/c20-12-3-1-2-10(6-12)8-21-17-25-15-11(7-14-16(29)26-19(30)24-14)9-22-28(15)18(27-17)23-13-4-5-13/h1-3,6,9,13,29H,4-5,7-8H2,(H2,24,26,30)(H2,21,23,25,27). The lowest BCUT2D eigenvalue weighted by Crippen LogP contribution is -2.13. The van der Waals surface area contributed by atoms with Gasteiger partial charge in [0.25, 0.3) is 0 Å². The maximum atomic E-state index is 13.4. The maximum Gasteiger partial charge on any atom is 0.325 e. The van der Waals surface area contributed by atoms with Gasteiger partial charge >= 0.3 is 5.69 Å². The van der Waals surface area contributed by atoms with Crippen molar-refractivity contribution in [2.24, 2.45) is 0 Å². The molecule has 1 aliphatic carbocycles. The minimum absolute atomic E-state index is 0.214. The highest BCUT2D eigenvalue weighted by Crippen LogP contribution is 2.26. The Labute approximate surface area is 169 Å². The molecule has 1 saturated carbocycles. The summed E-state index contributed by atoms with van der Waals surface area (Å²) >= 11 is 0. The Bertz CT molecular complexity index is 1270. The monoisotopic (exact) mass is 410 g/mol. The summed E-state index contributed by atoms with van der Waals surface area (Å²) in [7, 11) is 0. The van der Waals surface area contributed by atoms with E-state index in [0.29, 0.717) is 41.4 Å². The molecule has 5 rings (SSSR count). The topological polar surface area (TPSA) is 136 Å². The minimum Gasteiger partial charge on any atom is -0.493 e. The van der Waals surface area contributed by atoms with Gasteiger partial charge in [-0.05, 0) is 30.5 Å². The Morgan fingerprint density at radius 3 is 2.87 bits per heavy atom. The molecular weight excluding hydrogens is 391 g/mol. The van der Waals surface area contributed by atoms with Crippen LogP contribution in [0.15, 0.2) is 35.3 Å². The van der Waals surface area contributed by atoms with Crippen LogP contribution < -0.4 is 16.3 Å². The van der Waals surface area contributed by atoms with Crippen molar-refractivity contribution in [1.82, 2.24) is 29.5 Å². The summed E-state index contributed by atoms with van der Waals surface area (Å²) in [5, 5.41) is 20.7. The van der Waals surface area contributed by atoms with Crippen LogP contribution in [0.3, 0.4) is 0 Å². The van der Waals surface area contributed by atoms with Crippen LogP contribution in [0.2, 0.25) is 0 Å². The fourth-order valence-corrected chi connectivity index (χ4v) is 3.19. The van der Waals surface area contributed by atoms with Crippen LogP contribution in [-0.4, -0.2) is 40.7 Å². The average Bonchev–Trinajstić information content (AvgIpc) is 3.35. The quantitative estimate of drug-likeness (QED) is 0.313. The fourth-order valence-electron chi connectivity index (χ4n) is 3.19. The van der Waals surface area contributed by atoms with Crippen molar-refractivity contribution in [3.05, 3.63) is 63.6 Å². The zero-order valence-corrected chi connectivity index (χ0v) is 15.8. The van der Waals surface area contributed by atoms with Gasteiger partial charge in [-0.15, -0.1) is 0 Å². The lowest BCUT2D eigenvalue weighted by atomic mass is 10.2. The molecule has 1 fully saturated rings. The first kappa shape index (κ1) is 18.2. The van der Waals surface area contributed by atoms with Gasteiger partial charge in [0, 0.05) is 24.6 Å². The van der Waals surface area contributed by atoms with Gasteiger partial charge in [0.2, 0.25) is 17.8 Å². The summed E-state index contributed by atoms with van der Waals surface area (Å²) in [6, 6.07) is 6.65. The van der Waals surface area contributed by atoms with Crippen molar-refractivity contribution in [2.75, 3.05) is 10.6 Å². The molecule has 0 atom stereocenters. The summed E-state index contributed by atoms with van der Waals surface area (Å²) in [6.07, 6.45) is 3.98. The number of imidazole rings is 1. The van der Waals surface area contributed by atoms with Gasteiger partial charge in [-0.1, -0.05) is 12.1 Å². The molecule has 5 N–H and O–H groups in total. The van der Waals surface area contributed by atoms with Gasteiger partial charge in [-0.3, -0.25) is 4.98 Å². The molecule has 0 aliphatic heterocycles. The van der Waals surface area contributed by atoms with Crippen LogP contribution in [0.25, 0.3) is 5.65 Å². The molecule has 1 aliphatic rings. The third-order valence-corrected chi connectivity index (χ3v) is 4.84. The first-order chi connectivity index (χ1) is 14.5. The molecule has 4 aromatic rings. The van der Waals surface area contributed by atoms with Gasteiger partial charge in [0.05, 0.1) is 11.9 Å². The fraction of sp³-hybridized carbons (Fsp3) is 0.263. The minimum atomic E-state index is -0.484. The number of fused-ring (bicyclic) bond motifs is 1. The lowest BCUT2D eigenvalue weighted by Gasteiger charge is -2.10. The van der Waals surface area contributed by atoms with Crippen molar-refractivity contribution >= 4 is 17.5 Å². The van der Waals surface area contributed by atoms with E-state index in [0.717, 1.165) is 18.4 Å². The number of nitrogens with zero attached hydrogens (tertiary/aromatic N) is 4. The summed E-state index contributed by atoms with van der Waals surface area (Å²) in [5.74, 6) is 0.389. The second kappa shape index (κ2) is 7.17. The lowest BCUT2D eigenvalue weighted by molar-refractivity contribution is 0.450. The number of halogens is 1. The van der Waals surface area contributed by atoms with Crippen LogP contribution in [0.5, 0.6) is 5.88 Å². The van der Waals surface area contributed by atoms with E-state index in [2.05, 4.69) is 35.7 Å². The van der Waals surface area contributed by atoms with Crippen LogP contribution in [0.1, 0.15) is 29.7 Å². The zero-order valence-electron chi connectivity index (χ0n) is 15.8. The van der Waals surface area contributed by atoms with Gasteiger partial charge in [-0.2, -0.15) is 19.6 Å². The van der Waals surface area contributed by atoms with Crippen LogP contribution in [-0.2, 0) is 13.0 Å². The van der Waals surface area contributed by atoms with E-state index in [1.54, 1.807) is 16.8 Å². The largest absolute Gasteiger partial charge is 0.493 e. The molecule has 0 spiro atoms. The van der Waals surface area contributed by atoms with Gasteiger partial charge in [-0.25, -0.2) is 9.18 Å². The second-order valence-electron chi connectivity index (χ2n) is 7.26. The van der Waals surface area contributed by atoms with E-state index in [1.807, 2.05) is 6.07 Å². The third kappa shape index (κ3) is 3.69. The second-order valence-corrected chi connectivity index (χ2v) is 7.26. The van der Waals surface area contributed by atoms with Crippen LogP contribution >= 0.6 is 0 Å². The van der Waals surface area contributed by atoms with E-state index >= 15 is 0 Å². The van der Waals surface area contributed by atoms with Gasteiger partial charge in [0.1, 0.15) is 5.82 Å². The smallest absolute Gasteiger partial charge is 0.325 e. The number of hydrogen-bond acceptors (Lipinski definition) is 7. The number of anilines is 2. The highest BCUT2D eigenvalue weighted by molar-refractivity contribution is 5.56. The zero-order chi connectivity index (χ0) is 20.7. The van der Waals surface area contributed by atoms with Gasteiger partial charge in [0.15, 0.2) is 5.65 Å². The molecule has 11 heteroatoms. The molecule has 1 aromatic carbocycles. The number of H-pyrrole nitrogens is 2. The van der Waals surface area contributed by atoms with E-state index in [1.165, 1.54) is 12.1 Å². The normalized spacial score (nSPS) is 13.6. The molecule has 0 bridgehead atoms. The summed E-state index contributed by atoms with van der Waals surface area (Å²) < 4.78 is 15.0. The van der Waals surface area contributed by atoms with Crippen molar-refractivity contribution in [3.63, 3.8) is 0 Å². The number of rotatable bonds is 7. The molecule has 0 amide bonds. The number of aromatic nitrogens is 6. The highest BCUT2D eigenvalue weighted by atomic mass is 19.1. The molecule has 3 heterocycles. The van der Waals surface area contributed by atoms with E-state index in [9.17, 15) is 14.3 Å². The average molecular weight is 410 g/mol. The molecule has 154 valence electrons. The maximum absolute atomic E-state index is 13.4. The number of benzene rings is 1. The van der Waals surface area contributed by atoms with E-state index < -0.39 is 5.69 Å². The first-order valence-corrected chi connectivity index (χ1v) is 9.55. The van der Waals surface area contributed by atoms with Crippen molar-refractivity contribution < 1.29 is 9.50 Å². The Hall–Kier alpha value is -3.89. The predicted molar refractivity (Wildman–Crippen MR) is 107 cm³/mol. The molecule has 10 nitrogen and oxygen atoms in total. The summed E-state index contributed by atoms with van der Waals surface area (Å²) in [6.45, 7) is 0.353. The Morgan fingerprint density at radius 1 is 1.27 bits per heavy atom. The molecule has 0 unspecified atom stereocenters. The SMILES string of the molecule is O=c1[nH]c(O)c(Cc2cnn3c(NC4CC4)nc(NCc4cccc(F)c4)nc23)[nH]1. The van der Waals surface area contributed by atoms with Crippen molar-refractivity contribution in [2.45, 2.75) is 31.8 Å². The molecule has 0 saturated heterocycles. The predicted octanol–water partition coefficient (Wildman–Crippen LogP) is 1.76. The molecular formula is C19H19FN8O2. The third-order valence-electron chi connectivity index (χ3n) is 4.84. The first-order valence-electron chi connectivity index (χ1n) is 9.55. The molecule has 3 aromatic heterocycles. The van der Waals surface area contributed by atoms with Crippen molar-refractivity contribution in [3.8, 4) is 5.88 Å². The summed E-state index contributed by atoms with van der Waals surface area (Å²) in [4.78, 5) is 25.4. The molecule has 30 heavy (non-hydrogen) atoms. The van der Waals surface area contributed by atoms with Crippen molar-refractivity contribution in [1.29, 1.82) is 0 Å². The number of nitrogens with one attached hydrogen (secondary N) is 4. The summed E-state index contributed by atoms with van der Waals surface area (Å²) in [5.41, 5.74) is 1.87. The number of aromatic amines is 2. The van der Waals surface area contributed by atoms with Gasteiger partial charge < -0.3 is 20.7 Å². The molecule has 0 radical (unpaired) electrons. The number of hydrogen-bond donors (Lipinski definition) is 5. The Balaban J connectivity index is 1.48. The van der Waals surface area contributed by atoms with E-state index in [4.69, 9.17) is 0 Å². The van der Waals surface area contributed by atoms with Crippen LogP contribution in [0, 0.1) is 5.82 Å². The Morgan fingerprint density at radius 2 is 2.13 bits per heavy atom. The highest BCUT2D eigenvalue weighted by Gasteiger charge is 2.24. The van der Waals surface area contributed by atoms with E-state index in [-0.39, 0.29) is 18.1 Å².